The molecule has 0 aliphatic carbocycles. The summed E-state index contributed by atoms with van der Waals surface area (Å²) in [5, 5.41) is 7.36. The standard InChI is InChI=1S/C19H19ClN4O3S/c1-14-6-8-15(9-7-14)28(26,27)22-12-11-21-19(25)17-10-13-24(23-17)18-5-3-2-4-16(18)20/h2-10,13,22H,11-12H2,1H3,(H,21,25). The van der Waals surface area contributed by atoms with Crippen LogP contribution in [0.2, 0.25) is 5.02 Å². The molecule has 0 aliphatic rings. The number of hydrogen-bond donors (Lipinski definition) is 2. The number of sulfonamides is 1. The predicted molar refractivity (Wildman–Crippen MR) is 107 cm³/mol. The van der Waals surface area contributed by atoms with E-state index in [0.29, 0.717) is 10.7 Å². The maximum absolute atomic E-state index is 12.2. The van der Waals surface area contributed by atoms with Crippen LogP contribution in [0.25, 0.3) is 5.69 Å². The number of hydrogen-bond acceptors (Lipinski definition) is 4. The molecule has 9 heteroatoms. The first kappa shape index (κ1) is 20.1. The second kappa shape index (κ2) is 8.55. The number of carbonyl (C=O) groups excluding carboxylic acids is 1. The highest BCUT2D eigenvalue weighted by atomic mass is 35.5. The molecular weight excluding hydrogens is 400 g/mol. The van der Waals surface area contributed by atoms with Crippen molar-refractivity contribution in [3.05, 3.63) is 77.1 Å². The van der Waals surface area contributed by atoms with Crippen LogP contribution in [0.4, 0.5) is 0 Å². The second-order valence-corrected chi connectivity index (χ2v) is 8.24. The molecule has 2 N–H and O–H groups in total. The fraction of sp³-hybridized carbons (Fsp3) is 0.158. The van der Waals surface area contributed by atoms with Crippen LogP contribution in [-0.2, 0) is 10.0 Å². The Bertz CT molecular complexity index is 1080. The van der Waals surface area contributed by atoms with Gasteiger partial charge in [-0.15, -0.1) is 0 Å². The molecule has 0 radical (unpaired) electrons. The van der Waals surface area contributed by atoms with E-state index in [1.807, 2.05) is 13.0 Å². The lowest BCUT2D eigenvalue weighted by molar-refractivity contribution is 0.0949. The molecule has 1 heterocycles. The normalized spacial score (nSPS) is 11.4. The minimum absolute atomic E-state index is 0.0627. The summed E-state index contributed by atoms with van der Waals surface area (Å²) in [6, 6.07) is 15.3. The molecule has 3 aromatic rings. The van der Waals surface area contributed by atoms with Crippen LogP contribution in [0.1, 0.15) is 16.1 Å². The lowest BCUT2D eigenvalue weighted by Crippen LogP contribution is -2.34. The molecule has 0 bridgehead atoms. The van der Waals surface area contributed by atoms with E-state index in [9.17, 15) is 13.2 Å². The SMILES string of the molecule is Cc1ccc(S(=O)(=O)NCCNC(=O)c2ccn(-c3ccccc3Cl)n2)cc1. The van der Waals surface area contributed by atoms with Crippen LogP contribution in [0.5, 0.6) is 0 Å². The van der Waals surface area contributed by atoms with Gasteiger partial charge in [0.1, 0.15) is 0 Å². The van der Waals surface area contributed by atoms with E-state index in [1.165, 1.54) is 16.8 Å². The van der Waals surface area contributed by atoms with Crippen molar-refractivity contribution in [2.24, 2.45) is 0 Å². The van der Waals surface area contributed by atoms with Crippen LogP contribution in [0.15, 0.2) is 65.7 Å². The third-order valence-corrected chi connectivity index (χ3v) is 5.75. The van der Waals surface area contributed by atoms with Crippen LogP contribution in [0, 0.1) is 6.92 Å². The van der Waals surface area contributed by atoms with Gasteiger partial charge in [0, 0.05) is 19.3 Å². The molecule has 0 fully saturated rings. The van der Waals surface area contributed by atoms with Gasteiger partial charge in [-0.1, -0.05) is 41.4 Å². The first-order valence-corrected chi connectivity index (χ1v) is 10.4. The molecule has 0 spiro atoms. The molecule has 1 aromatic heterocycles. The summed E-state index contributed by atoms with van der Waals surface area (Å²) in [5.74, 6) is -0.402. The van der Waals surface area contributed by atoms with Crippen LogP contribution in [-0.4, -0.2) is 37.2 Å². The zero-order valence-electron chi connectivity index (χ0n) is 15.1. The molecule has 2 aromatic carbocycles. The smallest absolute Gasteiger partial charge is 0.271 e. The summed E-state index contributed by atoms with van der Waals surface area (Å²) >= 11 is 6.13. The molecule has 146 valence electrons. The van der Waals surface area contributed by atoms with E-state index in [2.05, 4.69) is 15.1 Å². The summed E-state index contributed by atoms with van der Waals surface area (Å²) < 4.78 is 28.4. The zero-order valence-corrected chi connectivity index (χ0v) is 16.7. The van der Waals surface area contributed by atoms with Gasteiger partial charge in [0.15, 0.2) is 5.69 Å². The van der Waals surface area contributed by atoms with Gasteiger partial charge < -0.3 is 5.32 Å². The molecule has 28 heavy (non-hydrogen) atoms. The van der Waals surface area contributed by atoms with Gasteiger partial charge >= 0.3 is 0 Å². The second-order valence-electron chi connectivity index (χ2n) is 6.06. The van der Waals surface area contributed by atoms with Gasteiger partial charge in [-0.05, 0) is 37.3 Å². The third kappa shape index (κ3) is 4.78. The largest absolute Gasteiger partial charge is 0.349 e. The lowest BCUT2D eigenvalue weighted by Gasteiger charge is -2.08. The van der Waals surface area contributed by atoms with E-state index in [4.69, 9.17) is 11.6 Å². The summed E-state index contributed by atoms with van der Waals surface area (Å²) in [7, 11) is -3.61. The number of amides is 1. The molecule has 0 unspecified atom stereocenters. The van der Waals surface area contributed by atoms with E-state index in [-0.39, 0.29) is 23.7 Å². The van der Waals surface area contributed by atoms with Crippen LogP contribution < -0.4 is 10.0 Å². The van der Waals surface area contributed by atoms with Gasteiger partial charge in [-0.2, -0.15) is 5.10 Å². The zero-order chi connectivity index (χ0) is 20.1. The number of rotatable bonds is 7. The molecule has 3 rings (SSSR count). The Labute approximate surface area is 168 Å². The topological polar surface area (TPSA) is 93.1 Å². The molecular formula is C19H19ClN4O3S. The number of carbonyl (C=O) groups is 1. The molecule has 0 aliphatic heterocycles. The number of nitrogens with one attached hydrogen (secondary N) is 2. The number of halogens is 1. The summed E-state index contributed by atoms with van der Waals surface area (Å²) in [4.78, 5) is 12.4. The van der Waals surface area contributed by atoms with Crippen molar-refractivity contribution >= 4 is 27.5 Å². The van der Waals surface area contributed by atoms with Gasteiger partial charge in [0.25, 0.3) is 5.91 Å². The number of aryl methyl sites for hydroxylation is 1. The highest BCUT2D eigenvalue weighted by Crippen LogP contribution is 2.19. The van der Waals surface area contributed by atoms with E-state index in [1.54, 1.807) is 42.6 Å². The Morgan fingerprint density at radius 2 is 1.79 bits per heavy atom. The van der Waals surface area contributed by atoms with Crippen LogP contribution >= 0.6 is 11.6 Å². The Hall–Kier alpha value is -2.68. The molecule has 7 nitrogen and oxygen atoms in total. The van der Waals surface area contributed by atoms with E-state index >= 15 is 0 Å². The van der Waals surface area contributed by atoms with Gasteiger partial charge in [-0.25, -0.2) is 17.8 Å². The first-order chi connectivity index (χ1) is 13.4. The van der Waals surface area contributed by atoms with Crippen molar-refractivity contribution in [1.29, 1.82) is 0 Å². The van der Waals surface area contributed by atoms with Crippen molar-refractivity contribution < 1.29 is 13.2 Å². The van der Waals surface area contributed by atoms with Crippen molar-refractivity contribution in [2.45, 2.75) is 11.8 Å². The quantitative estimate of drug-likeness (QED) is 0.576. The number of nitrogens with zero attached hydrogens (tertiary/aromatic N) is 2. The fourth-order valence-electron chi connectivity index (χ4n) is 2.47. The predicted octanol–water partition coefficient (Wildman–Crippen LogP) is 2.54. The maximum atomic E-state index is 12.2. The van der Waals surface area contributed by atoms with Crippen molar-refractivity contribution in [3.8, 4) is 5.69 Å². The highest BCUT2D eigenvalue weighted by Gasteiger charge is 2.14. The molecule has 0 saturated heterocycles. The Morgan fingerprint density at radius 1 is 1.07 bits per heavy atom. The van der Waals surface area contributed by atoms with Crippen LogP contribution in [0.3, 0.4) is 0 Å². The number of para-hydroxylation sites is 1. The highest BCUT2D eigenvalue weighted by molar-refractivity contribution is 7.89. The summed E-state index contributed by atoms with van der Waals surface area (Å²) in [6.45, 7) is 2.07. The Balaban J connectivity index is 1.54. The third-order valence-electron chi connectivity index (χ3n) is 3.95. The van der Waals surface area contributed by atoms with Crippen molar-refractivity contribution in [2.75, 3.05) is 13.1 Å². The van der Waals surface area contributed by atoms with E-state index < -0.39 is 15.9 Å². The minimum atomic E-state index is -3.61. The monoisotopic (exact) mass is 418 g/mol. The summed E-state index contributed by atoms with van der Waals surface area (Å²) in [6.07, 6.45) is 1.64. The van der Waals surface area contributed by atoms with Crippen molar-refractivity contribution in [3.63, 3.8) is 0 Å². The number of aromatic nitrogens is 2. The maximum Gasteiger partial charge on any atom is 0.271 e. The van der Waals surface area contributed by atoms with E-state index in [0.717, 1.165) is 5.56 Å². The molecule has 0 saturated carbocycles. The van der Waals surface area contributed by atoms with Gasteiger partial charge in [0.2, 0.25) is 10.0 Å². The van der Waals surface area contributed by atoms with Crippen molar-refractivity contribution in [1.82, 2.24) is 19.8 Å². The Kier molecular flexibility index (Phi) is 6.13. The first-order valence-electron chi connectivity index (χ1n) is 8.52. The average Bonchev–Trinajstić information content (AvgIpc) is 3.16. The Morgan fingerprint density at radius 3 is 2.50 bits per heavy atom. The minimum Gasteiger partial charge on any atom is -0.349 e. The average molecular weight is 419 g/mol. The van der Waals surface area contributed by atoms with Gasteiger partial charge in [-0.3, -0.25) is 4.79 Å². The molecule has 1 amide bonds. The molecule has 0 atom stereocenters. The lowest BCUT2D eigenvalue weighted by atomic mass is 10.2. The number of benzene rings is 2. The van der Waals surface area contributed by atoms with Gasteiger partial charge in [0.05, 0.1) is 15.6 Å². The summed E-state index contributed by atoms with van der Waals surface area (Å²) in [5.41, 5.74) is 1.85. The fourth-order valence-corrected chi connectivity index (χ4v) is 3.72.